The topological polar surface area (TPSA) is 156 Å². The minimum atomic E-state index is -0.596. The molecule has 0 aromatic heterocycles. The van der Waals surface area contributed by atoms with E-state index in [0.717, 1.165) is 13.5 Å². The third kappa shape index (κ3) is 8.50. The lowest BCUT2D eigenvalue weighted by Gasteiger charge is -2.11. The van der Waals surface area contributed by atoms with Gasteiger partial charge in [-0.25, -0.2) is 4.79 Å². The van der Waals surface area contributed by atoms with Crippen LogP contribution in [0.2, 0.25) is 0 Å². The van der Waals surface area contributed by atoms with Crippen molar-refractivity contribution in [1.29, 1.82) is 0 Å². The van der Waals surface area contributed by atoms with Gasteiger partial charge in [-0.3, -0.25) is 4.79 Å². The molecule has 1 heterocycles. The van der Waals surface area contributed by atoms with Gasteiger partial charge in [-0.05, 0) is 37.0 Å². The summed E-state index contributed by atoms with van der Waals surface area (Å²) in [6.07, 6.45) is 9.21. The fourth-order valence-corrected chi connectivity index (χ4v) is 2.29. The van der Waals surface area contributed by atoms with Crippen LogP contribution in [0.15, 0.2) is 30.4 Å². The molecule has 1 aromatic rings. The molecule has 0 fully saturated rings. The Hall–Kier alpha value is -2.68. The average molecular weight is 384 g/mol. The Labute approximate surface area is 158 Å². The summed E-state index contributed by atoms with van der Waals surface area (Å²) in [5.74, 6) is -0.243. The highest BCUT2D eigenvalue weighted by Crippen LogP contribution is 2.29. The van der Waals surface area contributed by atoms with Gasteiger partial charge in [0.05, 0.1) is 13.7 Å². The van der Waals surface area contributed by atoms with Crippen LogP contribution in [0.5, 0.6) is 11.5 Å². The molecule has 1 aliphatic rings. The monoisotopic (exact) mass is 384 g/mol. The molecule has 8 nitrogen and oxygen atoms in total. The highest BCUT2D eigenvalue weighted by molar-refractivity contribution is 5.97. The van der Waals surface area contributed by atoms with Gasteiger partial charge in [0.1, 0.15) is 17.1 Å². The zero-order valence-corrected chi connectivity index (χ0v) is 15.5. The van der Waals surface area contributed by atoms with Crippen molar-refractivity contribution in [3.63, 3.8) is 0 Å². The zero-order chi connectivity index (χ0) is 18.7. The first-order valence-electron chi connectivity index (χ1n) is 8.00. The Balaban J connectivity index is 0. The summed E-state index contributed by atoms with van der Waals surface area (Å²) in [6.45, 7) is 0.150. The van der Waals surface area contributed by atoms with Crippen molar-refractivity contribution in [2.75, 3.05) is 20.8 Å². The lowest BCUT2D eigenvalue weighted by Crippen LogP contribution is -2.09. The maximum Gasteiger partial charge on any atom is 0.342 e. The molecule has 2 rings (SSSR count). The number of cyclic esters (lactones) is 1. The van der Waals surface area contributed by atoms with E-state index in [4.69, 9.17) is 14.6 Å². The molecular weight excluding hydrogens is 356 g/mol. The van der Waals surface area contributed by atoms with Crippen LogP contribution in [-0.2, 0) is 9.53 Å². The number of hydrogen-bond acceptors (Lipinski definition) is 6. The maximum atomic E-state index is 12.2. The van der Waals surface area contributed by atoms with E-state index in [9.17, 15) is 14.7 Å². The lowest BCUT2D eigenvalue weighted by atomic mass is 10.0. The zero-order valence-electron chi connectivity index (χ0n) is 15.5. The SMILES string of the molecule is CO.COc1cc(O)c2c(c1)/C=C/CCCC(=O)/C=C\CCOC2=O.O.O. The number of phenols is 1. The molecule has 0 spiro atoms. The first-order valence-corrected chi connectivity index (χ1v) is 8.00. The number of allylic oxidation sites excluding steroid dienone is 2. The summed E-state index contributed by atoms with van der Waals surface area (Å²) >= 11 is 0. The molecule has 0 bridgehead atoms. The Kier molecular flexibility index (Phi) is 14.2. The fraction of sp³-hybridized carbons (Fsp3) is 0.368. The van der Waals surface area contributed by atoms with Gasteiger partial charge >= 0.3 is 5.97 Å². The van der Waals surface area contributed by atoms with Crippen LogP contribution in [0.1, 0.15) is 41.6 Å². The molecule has 6 N–H and O–H groups in total. The number of methoxy groups -OCH3 is 1. The molecule has 0 saturated heterocycles. The largest absolute Gasteiger partial charge is 0.507 e. The van der Waals surface area contributed by atoms with Crippen LogP contribution in [0.3, 0.4) is 0 Å². The number of aliphatic hydroxyl groups is 1. The van der Waals surface area contributed by atoms with Crippen molar-refractivity contribution in [3.05, 3.63) is 41.5 Å². The van der Waals surface area contributed by atoms with Crippen LogP contribution in [-0.4, -0.2) is 53.7 Å². The number of carbonyl (C=O) groups excluding carboxylic acids is 2. The van der Waals surface area contributed by atoms with E-state index in [1.807, 2.05) is 6.08 Å². The first-order chi connectivity index (χ1) is 12.1. The molecule has 8 heteroatoms. The van der Waals surface area contributed by atoms with E-state index in [2.05, 4.69) is 0 Å². The van der Waals surface area contributed by atoms with Gasteiger partial charge in [-0.2, -0.15) is 0 Å². The number of ketones is 1. The molecule has 27 heavy (non-hydrogen) atoms. The van der Waals surface area contributed by atoms with Crippen molar-refractivity contribution in [1.82, 2.24) is 0 Å². The molecule has 0 amide bonds. The van der Waals surface area contributed by atoms with Crippen molar-refractivity contribution < 1.29 is 40.2 Å². The molecule has 1 aliphatic heterocycles. The Morgan fingerprint density at radius 2 is 1.70 bits per heavy atom. The molecule has 152 valence electrons. The van der Waals surface area contributed by atoms with Crippen molar-refractivity contribution in [2.45, 2.75) is 25.7 Å². The number of rotatable bonds is 1. The number of ether oxygens (including phenoxy) is 2. The molecule has 0 aliphatic carbocycles. The second-order valence-electron chi connectivity index (χ2n) is 5.20. The minimum Gasteiger partial charge on any atom is -0.507 e. The van der Waals surface area contributed by atoms with Crippen molar-refractivity contribution in [2.24, 2.45) is 0 Å². The summed E-state index contributed by atoms with van der Waals surface area (Å²) < 4.78 is 10.3. The van der Waals surface area contributed by atoms with Gasteiger partial charge in [0.25, 0.3) is 0 Å². The predicted molar refractivity (Wildman–Crippen MR) is 102 cm³/mol. The van der Waals surface area contributed by atoms with Crippen molar-refractivity contribution >= 4 is 17.8 Å². The maximum absolute atomic E-state index is 12.2. The van der Waals surface area contributed by atoms with E-state index in [-0.39, 0.29) is 34.7 Å². The highest BCUT2D eigenvalue weighted by atomic mass is 16.5. The molecule has 1 aromatic carbocycles. The van der Waals surface area contributed by atoms with Gasteiger partial charge < -0.3 is 30.6 Å². The summed E-state index contributed by atoms with van der Waals surface area (Å²) in [4.78, 5) is 23.8. The van der Waals surface area contributed by atoms with Gasteiger partial charge in [0.15, 0.2) is 5.78 Å². The third-order valence-corrected chi connectivity index (χ3v) is 3.47. The normalized spacial score (nSPS) is 16.6. The van der Waals surface area contributed by atoms with Gasteiger partial charge in [-0.1, -0.05) is 18.2 Å². The van der Waals surface area contributed by atoms with Gasteiger partial charge in [0, 0.05) is 19.6 Å². The molecular formula is C19H28O8. The van der Waals surface area contributed by atoms with E-state index in [1.54, 1.807) is 18.2 Å². The van der Waals surface area contributed by atoms with Crippen molar-refractivity contribution in [3.8, 4) is 11.5 Å². The summed E-state index contributed by atoms with van der Waals surface area (Å²) in [7, 11) is 2.49. The standard InChI is InChI=1S/C18H20O5.CH4O.2H2O/c1-22-15-11-13-7-3-2-4-8-14(19)9-5-6-10-23-18(21)17(13)16(20)12-15;1-2;;/h3,5,7,9,11-12,20H,2,4,6,8,10H2,1H3;2H,1H3;2*1H2/b7-3+,9-5-;;;. The fourth-order valence-electron chi connectivity index (χ4n) is 2.29. The summed E-state index contributed by atoms with van der Waals surface area (Å²) in [6, 6.07) is 3.05. The lowest BCUT2D eigenvalue weighted by molar-refractivity contribution is -0.114. The van der Waals surface area contributed by atoms with Gasteiger partial charge in [0.2, 0.25) is 0 Å². The quantitative estimate of drug-likeness (QED) is 0.693. The van der Waals surface area contributed by atoms with Crippen LogP contribution in [0.4, 0.5) is 0 Å². The van der Waals surface area contributed by atoms with E-state index >= 15 is 0 Å². The second-order valence-corrected chi connectivity index (χ2v) is 5.20. The number of aliphatic hydroxyl groups excluding tert-OH is 1. The van der Waals surface area contributed by atoms with Crippen LogP contribution >= 0.6 is 0 Å². The minimum absolute atomic E-state index is 0. The highest BCUT2D eigenvalue weighted by Gasteiger charge is 2.18. The molecule has 0 saturated carbocycles. The third-order valence-electron chi connectivity index (χ3n) is 3.47. The smallest absolute Gasteiger partial charge is 0.342 e. The number of carbonyl (C=O) groups is 2. The molecule has 0 atom stereocenters. The van der Waals surface area contributed by atoms with Crippen LogP contribution in [0.25, 0.3) is 6.08 Å². The first kappa shape index (κ1) is 26.5. The van der Waals surface area contributed by atoms with E-state index in [0.29, 0.717) is 30.6 Å². The summed E-state index contributed by atoms with van der Waals surface area (Å²) in [5.41, 5.74) is 0.657. The number of phenolic OH excluding ortho intramolecular Hbond substituents is 1. The molecule has 0 unspecified atom stereocenters. The number of benzene rings is 1. The molecule has 0 radical (unpaired) electrons. The van der Waals surface area contributed by atoms with E-state index < -0.39 is 5.97 Å². The van der Waals surface area contributed by atoms with Crippen LogP contribution < -0.4 is 4.74 Å². The second kappa shape index (κ2) is 14.5. The Bertz CT molecular complexity index is 649. The number of aromatic hydroxyl groups is 1. The van der Waals surface area contributed by atoms with Gasteiger partial charge in [-0.15, -0.1) is 0 Å². The average Bonchev–Trinajstić information content (AvgIpc) is 2.61. The predicted octanol–water partition coefficient (Wildman–Crippen LogP) is 1.23. The number of esters is 1. The Morgan fingerprint density at radius 3 is 2.37 bits per heavy atom. The number of hydrogen-bond donors (Lipinski definition) is 2. The number of fused-ring (bicyclic) bond motifs is 1. The van der Waals surface area contributed by atoms with Crippen LogP contribution in [0, 0.1) is 0 Å². The van der Waals surface area contributed by atoms with E-state index in [1.165, 1.54) is 19.3 Å². The Morgan fingerprint density at radius 1 is 1.04 bits per heavy atom. The summed E-state index contributed by atoms with van der Waals surface area (Å²) in [5, 5.41) is 17.1.